The third-order valence-corrected chi connectivity index (χ3v) is 5.17. The maximum atomic E-state index is 12.0. The van der Waals surface area contributed by atoms with Crippen LogP contribution >= 0.6 is 11.3 Å². The predicted molar refractivity (Wildman–Crippen MR) is 100 cm³/mol. The second-order valence-electron chi connectivity index (χ2n) is 6.43. The average Bonchev–Trinajstić information content (AvgIpc) is 3.31. The number of rotatable bonds is 7. The van der Waals surface area contributed by atoms with E-state index in [0.29, 0.717) is 24.5 Å². The number of hydrogen-bond donors (Lipinski definition) is 3. The van der Waals surface area contributed by atoms with Crippen LogP contribution in [0.5, 0.6) is 0 Å². The highest BCUT2D eigenvalue weighted by atomic mass is 32.1. The number of amides is 3. The summed E-state index contributed by atoms with van der Waals surface area (Å²) in [6.07, 6.45) is 8.15. The molecule has 3 rings (SSSR count). The van der Waals surface area contributed by atoms with E-state index in [-0.39, 0.29) is 18.0 Å². The summed E-state index contributed by atoms with van der Waals surface area (Å²) in [5.41, 5.74) is 0.802. The molecule has 0 aromatic carbocycles. The van der Waals surface area contributed by atoms with E-state index in [1.54, 1.807) is 12.3 Å². The molecule has 0 radical (unpaired) electrons. The van der Waals surface area contributed by atoms with Gasteiger partial charge in [-0.1, -0.05) is 19.3 Å². The van der Waals surface area contributed by atoms with Gasteiger partial charge in [0.15, 0.2) is 5.13 Å². The summed E-state index contributed by atoms with van der Waals surface area (Å²) < 4.78 is 5.17. The SMILES string of the molecule is O=C(CCc1csc(NC(=O)NC2CCCCC2)n1)NCc1ccco1. The van der Waals surface area contributed by atoms with E-state index in [1.165, 1.54) is 30.6 Å². The van der Waals surface area contributed by atoms with Crippen LogP contribution in [0.1, 0.15) is 50.0 Å². The van der Waals surface area contributed by atoms with Gasteiger partial charge in [0, 0.05) is 17.8 Å². The van der Waals surface area contributed by atoms with E-state index < -0.39 is 0 Å². The highest BCUT2D eigenvalue weighted by Crippen LogP contribution is 2.19. The van der Waals surface area contributed by atoms with Crippen LogP contribution in [0.25, 0.3) is 0 Å². The smallest absolute Gasteiger partial charge is 0.321 e. The Kier molecular flexibility index (Phi) is 6.65. The van der Waals surface area contributed by atoms with Crippen molar-refractivity contribution in [2.45, 2.75) is 57.5 Å². The number of hydrogen-bond acceptors (Lipinski definition) is 5. The van der Waals surface area contributed by atoms with Crippen LogP contribution in [0.4, 0.5) is 9.93 Å². The summed E-state index contributed by atoms with van der Waals surface area (Å²) in [5.74, 6) is 0.668. The summed E-state index contributed by atoms with van der Waals surface area (Å²) in [6, 6.07) is 3.67. The molecule has 1 fully saturated rings. The molecule has 26 heavy (non-hydrogen) atoms. The lowest BCUT2D eigenvalue weighted by molar-refractivity contribution is -0.121. The molecule has 1 saturated carbocycles. The Bertz CT molecular complexity index is 708. The van der Waals surface area contributed by atoms with E-state index in [0.717, 1.165) is 24.3 Å². The van der Waals surface area contributed by atoms with Gasteiger partial charge in [0.05, 0.1) is 18.5 Å². The van der Waals surface area contributed by atoms with E-state index in [9.17, 15) is 9.59 Å². The number of urea groups is 1. The molecular weight excluding hydrogens is 352 g/mol. The lowest BCUT2D eigenvalue weighted by atomic mass is 9.96. The fourth-order valence-corrected chi connectivity index (χ4v) is 3.71. The number of carbonyl (C=O) groups excluding carboxylic acids is 2. The molecule has 0 atom stereocenters. The first-order valence-corrected chi connectivity index (χ1v) is 9.88. The van der Waals surface area contributed by atoms with Crippen LogP contribution < -0.4 is 16.0 Å². The van der Waals surface area contributed by atoms with Crippen molar-refractivity contribution in [1.29, 1.82) is 0 Å². The van der Waals surface area contributed by atoms with Crippen molar-refractivity contribution in [2.75, 3.05) is 5.32 Å². The third-order valence-electron chi connectivity index (χ3n) is 4.36. The molecule has 0 bridgehead atoms. The second kappa shape index (κ2) is 9.38. The first-order chi connectivity index (χ1) is 12.7. The lowest BCUT2D eigenvalue weighted by Gasteiger charge is -2.22. The Balaban J connectivity index is 1.37. The lowest BCUT2D eigenvalue weighted by Crippen LogP contribution is -2.38. The molecule has 0 aliphatic heterocycles. The van der Waals surface area contributed by atoms with E-state index in [1.807, 2.05) is 11.4 Å². The second-order valence-corrected chi connectivity index (χ2v) is 7.29. The molecule has 2 aromatic rings. The van der Waals surface area contributed by atoms with Crippen molar-refractivity contribution >= 4 is 28.4 Å². The van der Waals surface area contributed by atoms with Crippen molar-refractivity contribution < 1.29 is 14.0 Å². The van der Waals surface area contributed by atoms with Gasteiger partial charge >= 0.3 is 6.03 Å². The summed E-state index contributed by atoms with van der Waals surface area (Å²) >= 11 is 1.37. The number of carbonyl (C=O) groups is 2. The molecule has 0 unspecified atom stereocenters. The average molecular weight is 376 g/mol. The van der Waals surface area contributed by atoms with Gasteiger partial charge in [-0.25, -0.2) is 9.78 Å². The molecule has 3 N–H and O–H groups in total. The van der Waals surface area contributed by atoms with Crippen LogP contribution in [-0.2, 0) is 17.8 Å². The van der Waals surface area contributed by atoms with Crippen LogP contribution in [0, 0.1) is 0 Å². The van der Waals surface area contributed by atoms with Gasteiger partial charge in [0.2, 0.25) is 5.91 Å². The summed E-state index contributed by atoms with van der Waals surface area (Å²) in [5, 5.41) is 11.0. The molecule has 3 amide bonds. The highest BCUT2D eigenvalue weighted by Gasteiger charge is 2.16. The zero-order valence-electron chi connectivity index (χ0n) is 14.6. The summed E-state index contributed by atoms with van der Waals surface area (Å²) in [7, 11) is 0. The number of aromatic nitrogens is 1. The van der Waals surface area contributed by atoms with Gasteiger partial charge < -0.3 is 15.1 Å². The molecule has 2 aromatic heterocycles. The molecule has 0 spiro atoms. The van der Waals surface area contributed by atoms with E-state index in [4.69, 9.17) is 4.42 Å². The van der Waals surface area contributed by atoms with Crippen LogP contribution in [-0.4, -0.2) is 23.0 Å². The minimum atomic E-state index is -0.200. The Morgan fingerprint density at radius 3 is 2.88 bits per heavy atom. The molecule has 140 valence electrons. The zero-order valence-corrected chi connectivity index (χ0v) is 15.4. The standard InChI is InChI=1S/C18H24N4O3S/c23-16(19-11-15-7-4-10-25-15)9-8-14-12-26-18(21-14)22-17(24)20-13-5-2-1-3-6-13/h4,7,10,12-13H,1-3,5-6,8-9,11H2,(H,19,23)(H2,20,21,22,24). The number of nitrogens with zero attached hydrogens (tertiary/aromatic N) is 1. The van der Waals surface area contributed by atoms with Gasteiger partial charge in [-0.2, -0.15) is 0 Å². The maximum absolute atomic E-state index is 12.0. The highest BCUT2D eigenvalue weighted by molar-refractivity contribution is 7.13. The first-order valence-electron chi connectivity index (χ1n) is 9.00. The third kappa shape index (κ3) is 5.87. The topological polar surface area (TPSA) is 96.3 Å². The number of thiazole rings is 1. The van der Waals surface area contributed by atoms with Crippen LogP contribution in [0.2, 0.25) is 0 Å². The van der Waals surface area contributed by atoms with Crippen molar-refractivity contribution in [2.24, 2.45) is 0 Å². The van der Waals surface area contributed by atoms with E-state index >= 15 is 0 Å². The molecule has 1 aliphatic rings. The normalized spacial score (nSPS) is 14.8. The minimum Gasteiger partial charge on any atom is -0.467 e. The molecule has 2 heterocycles. The minimum absolute atomic E-state index is 0.0565. The van der Waals surface area contributed by atoms with Gasteiger partial charge in [-0.05, 0) is 31.4 Å². The number of furan rings is 1. The quantitative estimate of drug-likeness (QED) is 0.690. The Morgan fingerprint density at radius 2 is 2.12 bits per heavy atom. The van der Waals surface area contributed by atoms with Crippen molar-refractivity contribution in [3.63, 3.8) is 0 Å². The maximum Gasteiger partial charge on any atom is 0.321 e. The zero-order chi connectivity index (χ0) is 18.2. The van der Waals surface area contributed by atoms with Crippen molar-refractivity contribution in [3.8, 4) is 0 Å². The molecular formula is C18H24N4O3S. The number of nitrogens with one attached hydrogen (secondary N) is 3. The largest absolute Gasteiger partial charge is 0.467 e. The van der Waals surface area contributed by atoms with Gasteiger partial charge in [-0.3, -0.25) is 10.1 Å². The van der Waals surface area contributed by atoms with Gasteiger partial charge in [-0.15, -0.1) is 11.3 Å². The predicted octanol–water partition coefficient (Wildman–Crippen LogP) is 3.44. The fraction of sp³-hybridized carbons (Fsp3) is 0.500. The molecule has 7 nitrogen and oxygen atoms in total. The van der Waals surface area contributed by atoms with Crippen molar-refractivity contribution in [1.82, 2.24) is 15.6 Å². The monoisotopic (exact) mass is 376 g/mol. The van der Waals surface area contributed by atoms with E-state index in [2.05, 4.69) is 20.9 Å². The number of aryl methyl sites for hydroxylation is 1. The Labute approximate surface area is 156 Å². The molecule has 0 saturated heterocycles. The van der Waals surface area contributed by atoms with Gasteiger partial charge in [0.25, 0.3) is 0 Å². The molecule has 8 heteroatoms. The number of anilines is 1. The van der Waals surface area contributed by atoms with Crippen LogP contribution in [0.3, 0.4) is 0 Å². The first kappa shape index (κ1) is 18.4. The molecule has 1 aliphatic carbocycles. The Hall–Kier alpha value is -2.35. The summed E-state index contributed by atoms with van der Waals surface area (Å²) in [6.45, 7) is 0.386. The van der Waals surface area contributed by atoms with Crippen molar-refractivity contribution in [3.05, 3.63) is 35.2 Å². The fourth-order valence-electron chi connectivity index (χ4n) is 2.97. The van der Waals surface area contributed by atoms with Gasteiger partial charge in [0.1, 0.15) is 5.76 Å². The Morgan fingerprint density at radius 1 is 1.27 bits per heavy atom. The summed E-state index contributed by atoms with van der Waals surface area (Å²) in [4.78, 5) is 28.3. The van der Waals surface area contributed by atoms with Crippen LogP contribution in [0.15, 0.2) is 28.2 Å².